The van der Waals surface area contributed by atoms with E-state index in [2.05, 4.69) is 13.8 Å². The second-order valence-corrected chi connectivity index (χ2v) is 10.4. The summed E-state index contributed by atoms with van der Waals surface area (Å²) in [5, 5.41) is 0. The molecule has 1 aliphatic heterocycles. The van der Waals surface area contributed by atoms with Crippen LogP contribution in [0.1, 0.15) is 70.1 Å². The van der Waals surface area contributed by atoms with E-state index in [1.54, 1.807) is 4.31 Å². The van der Waals surface area contributed by atoms with Crippen LogP contribution in [0.25, 0.3) is 11.3 Å². The highest BCUT2D eigenvalue weighted by Gasteiger charge is 2.55. The molecule has 1 aromatic carbocycles. The average molecular weight is 375 g/mol. The van der Waals surface area contributed by atoms with Crippen LogP contribution >= 0.6 is 0 Å². The van der Waals surface area contributed by atoms with Gasteiger partial charge in [0.25, 0.3) is 0 Å². The number of oxazole rings is 1. The van der Waals surface area contributed by atoms with Gasteiger partial charge in [0.05, 0.1) is 4.75 Å². The zero-order valence-electron chi connectivity index (χ0n) is 15.6. The highest BCUT2D eigenvalue weighted by molar-refractivity contribution is 7.90. The molecule has 1 atom stereocenters. The molecule has 1 unspecified atom stereocenters. The summed E-state index contributed by atoms with van der Waals surface area (Å²) in [5.41, 5.74) is 1.84. The van der Waals surface area contributed by atoms with Gasteiger partial charge in [-0.15, -0.1) is 0 Å². The normalized spacial score (nSPS) is 22.8. The topological polar surface area (TPSA) is 63.4 Å². The van der Waals surface area contributed by atoms with Gasteiger partial charge in [0.2, 0.25) is 15.9 Å². The summed E-state index contributed by atoms with van der Waals surface area (Å²) < 4.78 is 33.3. The lowest BCUT2D eigenvalue weighted by Crippen LogP contribution is -2.38. The number of benzene rings is 1. The van der Waals surface area contributed by atoms with E-state index >= 15 is 0 Å². The van der Waals surface area contributed by atoms with Crippen molar-refractivity contribution in [3.63, 3.8) is 0 Å². The first-order chi connectivity index (χ1) is 12.3. The SMILES string of the molecule is CC(C)c1oc(C2CCCN2S(=O)(=O)C2(C)CC2)nc1-c1ccccc1. The second-order valence-electron chi connectivity index (χ2n) is 8.01. The molecule has 1 saturated heterocycles. The molecule has 2 aliphatic rings. The third-order valence-electron chi connectivity index (χ3n) is 5.62. The van der Waals surface area contributed by atoms with Crippen LogP contribution in [0.2, 0.25) is 0 Å². The van der Waals surface area contributed by atoms with E-state index < -0.39 is 14.8 Å². The summed E-state index contributed by atoms with van der Waals surface area (Å²) in [6.07, 6.45) is 3.11. The third-order valence-corrected chi connectivity index (χ3v) is 8.32. The predicted molar refractivity (Wildman–Crippen MR) is 101 cm³/mol. The molecule has 0 N–H and O–H groups in total. The fraction of sp³-hybridized carbons (Fsp3) is 0.550. The van der Waals surface area contributed by atoms with Gasteiger partial charge in [-0.3, -0.25) is 0 Å². The van der Waals surface area contributed by atoms with Gasteiger partial charge < -0.3 is 4.42 Å². The molecule has 1 saturated carbocycles. The fourth-order valence-electron chi connectivity index (χ4n) is 3.68. The van der Waals surface area contributed by atoms with Crippen LogP contribution in [-0.2, 0) is 10.0 Å². The van der Waals surface area contributed by atoms with Crippen LogP contribution < -0.4 is 0 Å². The Hall–Kier alpha value is -1.66. The molecule has 1 aromatic heterocycles. The van der Waals surface area contributed by atoms with E-state index in [1.807, 2.05) is 37.3 Å². The third kappa shape index (κ3) is 2.79. The molecular weight excluding hydrogens is 348 g/mol. The summed E-state index contributed by atoms with van der Waals surface area (Å²) >= 11 is 0. The molecule has 0 bridgehead atoms. The molecule has 26 heavy (non-hydrogen) atoms. The smallest absolute Gasteiger partial charge is 0.220 e. The zero-order chi connectivity index (χ0) is 18.5. The van der Waals surface area contributed by atoms with Crippen molar-refractivity contribution < 1.29 is 12.8 Å². The summed E-state index contributed by atoms with van der Waals surface area (Å²) in [6.45, 7) is 6.56. The van der Waals surface area contributed by atoms with Gasteiger partial charge in [-0.25, -0.2) is 13.4 Å². The first-order valence-corrected chi connectivity index (χ1v) is 10.8. The van der Waals surface area contributed by atoms with Crippen molar-refractivity contribution in [1.29, 1.82) is 0 Å². The van der Waals surface area contributed by atoms with Crippen LogP contribution in [0.4, 0.5) is 0 Å². The minimum Gasteiger partial charge on any atom is -0.443 e. The van der Waals surface area contributed by atoms with Crippen LogP contribution in [0.15, 0.2) is 34.7 Å². The second kappa shape index (κ2) is 6.20. The number of hydrogen-bond donors (Lipinski definition) is 0. The minimum absolute atomic E-state index is 0.180. The first-order valence-electron chi connectivity index (χ1n) is 9.41. The van der Waals surface area contributed by atoms with E-state index in [0.717, 1.165) is 42.7 Å². The highest BCUT2D eigenvalue weighted by atomic mass is 32.2. The number of sulfonamides is 1. The molecule has 2 heterocycles. The van der Waals surface area contributed by atoms with Crippen LogP contribution in [0.5, 0.6) is 0 Å². The Morgan fingerprint density at radius 2 is 1.92 bits per heavy atom. The van der Waals surface area contributed by atoms with Crippen molar-refractivity contribution in [2.24, 2.45) is 0 Å². The van der Waals surface area contributed by atoms with Gasteiger partial charge in [0, 0.05) is 18.0 Å². The molecule has 4 rings (SSSR count). The van der Waals surface area contributed by atoms with Crippen LogP contribution in [-0.4, -0.2) is 29.0 Å². The molecule has 0 amide bonds. The molecule has 2 aromatic rings. The van der Waals surface area contributed by atoms with Crippen LogP contribution in [0, 0.1) is 0 Å². The molecule has 0 radical (unpaired) electrons. The van der Waals surface area contributed by atoms with Gasteiger partial charge in [-0.2, -0.15) is 4.31 Å². The lowest BCUT2D eigenvalue weighted by molar-refractivity contribution is 0.314. The summed E-state index contributed by atoms with van der Waals surface area (Å²) in [7, 11) is -3.32. The molecule has 1 aliphatic carbocycles. The lowest BCUT2D eigenvalue weighted by atomic mass is 10.0. The molecule has 6 heteroatoms. The predicted octanol–water partition coefficient (Wildman–Crippen LogP) is 4.48. The number of aromatic nitrogens is 1. The van der Waals surface area contributed by atoms with E-state index in [1.165, 1.54) is 0 Å². The molecule has 0 spiro atoms. The molecule has 2 fully saturated rings. The van der Waals surface area contributed by atoms with Crippen molar-refractivity contribution >= 4 is 10.0 Å². The summed E-state index contributed by atoms with van der Waals surface area (Å²) in [4.78, 5) is 4.78. The fourth-order valence-corrected chi connectivity index (χ4v) is 5.76. The Kier molecular flexibility index (Phi) is 4.23. The number of hydrogen-bond acceptors (Lipinski definition) is 4. The average Bonchev–Trinajstić information content (AvgIpc) is 3.05. The van der Waals surface area contributed by atoms with Crippen molar-refractivity contribution in [2.75, 3.05) is 6.54 Å². The van der Waals surface area contributed by atoms with Crippen molar-refractivity contribution in [2.45, 2.75) is 63.2 Å². The quantitative estimate of drug-likeness (QED) is 0.774. The van der Waals surface area contributed by atoms with E-state index in [0.29, 0.717) is 12.4 Å². The highest BCUT2D eigenvalue weighted by Crippen LogP contribution is 2.49. The van der Waals surface area contributed by atoms with Gasteiger partial charge in [-0.05, 0) is 32.6 Å². The van der Waals surface area contributed by atoms with Gasteiger partial charge in [-0.1, -0.05) is 44.2 Å². The molecule has 140 valence electrons. The van der Waals surface area contributed by atoms with E-state index in [9.17, 15) is 8.42 Å². The zero-order valence-corrected chi connectivity index (χ0v) is 16.4. The maximum atomic E-state index is 13.1. The number of nitrogens with zero attached hydrogens (tertiary/aromatic N) is 2. The maximum Gasteiger partial charge on any atom is 0.220 e. The monoisotopic (exact) mass is 374 g/mol. The Morgan fingerprint density at radius 3 is 2.54 bits per heavy atom. The van der Waals surface area contributed by atoms with Crippen molar-refractivity contribution in [3.8, 4) is 11.3 Å². The van der Waals surface area contributed by atoms with E-state index in [-0.39, 0.29) is 12.0 Å². The Balaban J connectivity index is 1.74. The van der Waals surface area contributed by atoms with Crippen molar-refractivity contribution in [1.82, 2.24) is 9.29 Å². The first kappa shape index (κ1) is 17.7. The summed E-state index contributed by atoms with van der Waals surface area (Å²) in [5.74, 6) is 1.55. The Bertz CT molecular complexity index is 898. The molecular formula is C20H26N2O3S. The van der Waals surface area contributed by atoms with Gasteiger partial charge in [0.1, 0.15) is 17.5 Å². The Labute approximate surface area is 155 Å². The number of rotatable bonds is 5. The van der Waals surface area contributed by atoms with E-state index in [4.69, 9.17) is 9.40 Å². The largest absolute Gasteiger partial charge is 0.443 e. The van der Waals surface area contributed by atoms with Gasteiger partial charge in [0.15, 0.2) is 0 Å². The lowest BCUT2D eigenvalue weighted by Gasteiger charge is -2.25. The molecule has 5 nitrogen and oxygen atoms in total. The van der Waals surface area contributed by atoms with Crippen LogP contribution in [0.3, 0.4) is 0 Å². The van der Waals surface area contributed by atoms with Gasteiger partial charge >= 0.3 is 0 Å². The minimum atomic E-state index is -3.32. The Morgan fingerprint density at radius 1 is 1.23 bits per heavy atom. The summed E-state index contributed by atoms with van der Waals surface area (Å²) in [6, 6.07) is 9.68. The standard InChI is InChI=1S/C20H26N2O3S/c1-14(2)18-17(15-8-5-4-6-9-15)21-19(25-18)16-10-7-13-22(16)26(23,24)20(3)11-12-20/h4-6,8-9,14,16H,7,10-13H2,1-3H3. The van der Waals surface area contributed by atoms with Crippen molar-refractivity contribution in [3.05, 3.63) is 42.0 Å². The maximum absolute atomic E-state index is 13.1.